The van der Waals surface area contributed by atoms with Gasteiger partial charge in [0.05, 0.1) is 0 Å². The molecule has 0 unspecified atom stereocenters. The van der Waals surface area contributed by atoms with Crippen LogP contribution in [0.15, 0.2) is 18.3 Å². The van der Waals surface area contributed by atoms with E-state index in [4.69, 9.17) is 5.11 Å². The lowest BCUT2D eigenvalue weighted by molar-refractivity contribution is 0.0687. The molecule has 0 aromatic carbocycles. The van der Waals surface area contributed by atoms with Crippen LogP contribution in [-0.2, 0) is 6.54 Å². The number of carbonyl (C=O) groups is 1. The molecule has 0 radical (unpaired) electrons. The second-order valence-electron chi connectivity index (χ2n) is 5.37. The van der Waals surface area contributed by atoms with Crippen LogP contribution in [0, 0.1) is 5.92 Å². The highest BCUT2D eigenvalue weighted by Gasteiger charge is 2.30. The van der Waals surface area contributed by atoms with E-state index in [2.05, 4.69) is 23.7 Å². The maximum Gasteiger partial charge on any atom is 0.354 e. The predicted octanol–water partition coefficient (Wildman–Crippen LogP) is 2.40. The third-order valence-corrected chi connectivity index (χ3v) is 3.13. The Kier molecular flexibility index (Phi) is 3.97. The number of hydrogen-bond acceptors (Lipinski definition) is 3. The van der Waals surface area contributed by atoms with Gasteiger partial charge in [0, 0.05) is 25.3 Å². The fourth-order valence-electron chi connectivity index (χ4n) is 2.23. The number of pyridine rings is 1. The van der Waals surface area contributed by atoms with E-state index >= 15 is 0 Å². The molecular formula is C14H20N2O2. The third kappa shape index (κ3) is 3.29. The molecule has 18 heavy (non-hydrogen) atoms. The van der Waals surface area contributed by atoms with E-state index < -0.39 is 5.97 Å². The first kappa shape index (κ1) is 13.0. The zero-order valence-electron chi connectivity index (χ0n) is 11.0. The summed E-state index contributed by atoms with van der Waals surface area (Å²) in [6, 6.07) is 4.31. The normalized spacial score (nSPS) is 15.3. The van der Waals surface area contributed by atoms with E-state index in [0.717, 1.165) is 12.1 Å². The monoisotopic (exact) mass is 248 g/mol. The first-order chi connectivity index (χ1) is 8.58. The van der Waals surface area contributed by atoms with Crippen LogP contribution in [0.2, 0.25) is 0 Å². The zero-order valence-corrected chi connectivity index (χ0v) is 11.0. The largest absolute Gasteiger partial charge is 0.477 e. The molecule has 4 heteroatoms. The maximum absolute atomic E-state index is 11.1. The Morgan fingerprint density at radius 2 is 2.28 bits per heavy atom. The van der Waals surface area contributed by atoms with E-state index in [-0.39, 0.29) is 5.69 Å². The van der Waals surface area contributed by atoms with Crippen molar-refractivity contribution in [1.82, 2.24) is 9.88 Å². The van der Waals surface area contributed by atoms with Crippen molar-refractivity contribution in [2.24, 2.45) is 5.92 Å². The highest BCUT2D eigenvalue weighted by atomic mass is 16.4. The molecule has 0 saturated heterocycles. The van der Waals surface area contributed by atoms with Crippen LogP contribution in [0.5, 0.6) is 0 Å². The summed E-state index contributed by atoms with van der Waals surface area (Å²) in [4.78, 5) is 17.5. The number of hydrogen-bond donors (Lipinski definition) is 1. The molecule has 1 aliphatic rings. The van der Waals surface area contributed by atoms with E-state index in [1.165, 1.54) is 19.0 Å². The van der Waals surface area contributed by atoms with E-state index in [9.17, 15) is 4.79 Å². The molecule has 1 saturated carbocycles. The number of carboxylic acids is 1. The van der Waals surface area contributed by atoms with Gasteiger partial charge in [-0.05, 0) is 30.4 Å². The maximum atomic E-state index is 11.1. The smallest absolute Gasteiger partial charge is 0.354 e. The fourth-order valence-corrected chi connectivity index (χ4v) is 2.23. The van der Waals surface area contributed by atoms with Crippen molar-refractivity contribution < 1.29 is 9.90 Å². The van der Waals surface area contributed by atoms with Gasteiger partial charge in [-0.2, -0.15) is 0 Å². The molecule has 1 N–H and O–H groups in total. The second kappa shape index (κ2) is 5.48. The topological polar surface area (TPSA) is 53.4 Å². The Hall–Kier alpha value is -1.42. The van der Waals surface area contributed by atoms with Crippen molar-refractivity contribution in [3.8, 4) is 0 Å². The molecule has 0 amide bonds. The molecule has 1 aliphatic carbocycles. The van der Waals surface area contributed by atoms with Gasteiger partial charge >= 0.3 is 5.97 Å². The van der Waals surface area contributed by atoms with Crippen molar-refractivity contribution in [2.75, 3.05) is 6.54 Å². The molecule has 4 nitrogen and oxygen atoms in total. The van der Waals surface area contributed by atoms with Gasteiger partial charge in [-0.25, -0.2) is 9.78 Å². The Bertz CT molecular complexity index is 428. The van der Waals surface area contributed by atoms with Crippen molar-refractivity contribution in [2.45, 2.75) is 39.3 Å². The molecule has 98 valence electrons. The molecule has 0 atom stereocenters. The van der Waals surface area contributed by atoms with E-state index in [1.807, 2.05) is 12.1 Å². The standard InChI is InChI=1S/C14H20N2O2/c1-10(2)8-16(12-5-6-12)9-11-4-3-7-15-13(11)14(17)18/h3-4,7,10,12H,5-6,8-9H2,1-2H3,(H,17,18). The van der Waals surface area contributed by atoms with Crippen LogP contribution < -0.4 is 0 Å². The highest BCUT2D eigenvalue weighted by molar-refractivity contribution is 5.86. The Balaban J connectivity index is 2.13. The molecule has 1 fully saturated rings. The quantitative estimate of drug-likeness (QED) is 0.840. The summed E-state index contributed by atoms with van der Waals surface area (Å²) >= 11 is 0. The molecule has 0 bridgehead atoms. The summed E-state index contributed by atoms with van der Waals surface area (Å²) in [6.07, 6.45) is 4.00. The van der Waals surface area contributed by atoms with Crippen molar-refractivity contribution in [3.63, 3.8) is 0 Å². The zero-order chi connectivity index (χ0) is 13.1. The van der Waals surface area contributed by atoms with Gasteiger partial charge < -0.3 is 5.11 Å². The van der Waals surface area contributed by atoms with Gasteiger partial charge in [0.15, 0.2) is 5.69 Å². The number of nitrogens with zero attached hydrogens (tertiary/aromatic N) is 2. The number of aromatic carboxylic acids is 1. The van der Waals surface area contributed by atoms with Gasteiger partial charge in [-0.15, -0.1) is 0 Å². The predicted molar refractivity (Wildman–Crippen MR) is 69.5 cm³/mol. The first-order valence-electron chi connectivity index (χ1n) is 6.49. The highest BCUT2D eigenvalue weighted by Crippen LogP contribution is 2.29. The van der Waals surface area contributed by atoms with Gasteiger partial charge in [0.1, 0.15) is 0 Å². The van der Waals surface area contributed by atoms with Crippen LogP contribution in [0.25, 0.3) is 0 Å². The summed E-state index contributed by atoms with van der Waals surface area (Å²) in [5.41, 5.74) is 1.00. The summed E-state index contributed by atoms with van der Waals surface area (Å²) in [5, 5.41) is 9.13. The first-order valence-corrected chi connectivity index (χ1v) is 6.49. The lowest BCUT2D eigenvalue weighted by Gasteiger charge is -2.24. The average molecular weight is 248 g/mol. The Morgan fingerprint density at radius 3 is 2.83 bits per heavy atom. The van der Waals surface area contributed by atoms with Crippen LogP contribution in [0.1, 0.15) is 42.7 Å². The molecule has 1 heterocycles. The van der Waals surface area contributed by atoms with Crippen molar-refractivity contribution in [1.29, 1.82) is 0 Å². The Labute approximate surface area is 108 Å². The minimum Gasteiger partial charge on any atom is -0.477 e. The van der Waals surface area contributed by atoms with Crippen molar-refractivity contribution >= 4 is 5.97 Å². The fraction of sp³-hybridized carbons (Fsp3) is 0.571. The molecule has 0 aliphatic heterocycles. The van der Waals surface area contributed by atoms with Gasteiger partial charge in [-0.1, -0.05) is 19.9 Å². The summed E-state index contributed by atoms with van der Waals surface area (Å²) in [5.74, 6) is -0.346. The average Bonchev–Trinajstić information content (AvgIpc) is 3.11. The summed E-state index contributed by atoms with van der Waals surface area (Å²) in [6.45, 7) is 6.09. The third-order valence-electron chi connectivity index (χ3n) is 3.13. The van der Waals surface area contributed by atoms with E-state index in [1.54, 1.807) is 0 Å². The second-order valence-corrected chi connectivity index (χ2v) is 5.37. The lowest BCUT2D eigenvalue weighted by Crippen LogP contribution is -2.30. The number of carboxylic acid groups (broad SMARTS) is 1. The van der Waals surface area contributed by atoms with Crippen LogP contribution in [0.3, 0.4) is 0 Å². The summed E-state index contributed by atoms with van der Waals surface area (Å²) < 4.78 is 0. The van der Waals surface area contributed by atoms with Crippen LogP contribution in [0.4, 0.5) is 0 Å². The van der Waals surface area contributed by atoms with Gasteiger partial charge in [0.2, 0.25) is 0 Å². The van der Waals surface area contributed by atoms with Crippen molar-refractivity contribution in [3.05, 3.63) is 29.6 Å². The van der Waals surface area contributed by atoms with Gasteiger partial charge in [-0.3, -0.25) is 4.90 Å². The summed E-state index contributed by atoms with van der Waals surface area (Å²) in [7, 11) is 0. The molecule has 1 aromatic heterocycles. The minimum atomic E-state index is -0.939. The minimum absolute atomic E-state index is 0.187. The van der Waals surface area contributed by atoms with E-state index in [0.29, 0.717) is 18.5 Å². The molecule has 1 aromatic rings. The van der Waals surface area contributed by atoms with Gasteiger partial charge in [0.25, 0.3) is 0 Å². The number of aromatic nitrogens is 1. The molecule has 2 rings (SSSR count). The molecule has 0 spiro atoms. The lowest BCUT2D eigenvalue weighted by atomic mass is 10.1. The van der Waals surface area contributed by atoms with Crippen LogP contribution >= 0.6 is 0 Å². The number of rotatable bonds is 6. The SMILES string of the molecule is CC(C)CN(Cc1cccnc1C(=O)O)C1CC1. The van der Waals surface area contributed by atoms with Crippen LogP contribution in [-0.4, -0.2) is 33.5 Å². The molecular weight excluding hydrogens is 228 g/mol. The Morgan fingerprint density at radius 1 is 1.56 bits per heavy atom.